The number of anilines is 1. The van der Waals surface area contributed by atoms with Crippen molar-refractivity contribution in [1.82, 2.24) is 9.88 Å². The van der Waals surface area contributed by atoms with Gasteiger partial charge in [0, 0.05) is 38.3 Å². The van der Waals surface area contributed by atoms with E-state index in [2.05, 4.69) is 40.2 Å². The number of aromatic nitrogens is 1. The van der Waals surface area contributed by atoms with Crippen LogP contribution in [0.25, 0.3) is 10.8 Å². The average Bonchev–Trinajstić information content (AvgIpc) is 2.84. The van der Waals surface area contributed by atoms with Gasteiger partial charge in [-0.25, -0.2) is 4.98 Å². The summed E-state index contributed by atoms with van der Waals surface area (Å²) in [6.45, 7) is 2.74. The quantitative estimate of drug-likeness (QED) is 0.811. The van der Waals surface area contributed by atoms with Crippen molar-refractivity contribution in [2.24, 2.45) is 5.41 Å². The monoisotopic (exact) mass is 295 g/mol. The summed E-state index contributed by atoms with van der Waals surface area (Å²) < 4.78 is 0. The van der Waals surface area contributed by atoms with Gasteiger partial charge in [-0.15, -0.1) is 0 Å². The highest BCUT2D eigenvalue weighted by atomic mass is 16.2. The average molecular weight is 295 g/mol. The molecule has 2 aromatic rings. The first-order chi connectivity index (χ1) is 10.7. The Morgan fingerprint density at radius 3 is 2.50 bits per heavy atom. The lowest BCUT2D eigenvalue weighted by Crippen LogP contribution is -2.44. The van der Waals surface area contributed by atoms with Gasteiger partial charge < -0.3 is 9.80 Å². The third kappa shape index (κ3) is 1.97. The van der Waals surface area contributed by atoms with Crippen molar-refractivity contribution in [3.8, 4) is 0 Å². The zero-order valence-electron chi connectivity index (χ0n) is 13.0. The van der Waals surface area contributed by atoms with Crippen molar-refractivity contribution in [3.05, 3.63) is 36.5 Å². The van der Waals surface area contributed by atoms with E-state index in [0.29, 0.717) is 5.91 Å². The lowest BCUT2D eigenvalue weighted by Gasteiger charge is -2.38. The van der Waals surface area contributed by atoms with Crippen LogP contribution in [0.3, 0.4) is 0 Å². The predicted octanol–water partition coefficient (Wildman–Crippen LogP) is 2.68. The Balaban J connectivity index is 1.60. The second-order valence-corrected chi connectivity index (χ2v) is 6.60. The minimum absolute atomic E-state index is 0.101. The van der Waals surface area contributed by atoms with Gasteiger partial charge in [-0.2, -0.15) is 0 Å². The van der Waals surface area contributed by atoms with Crippen LogP contribution in [0.15, 0.2) is 36.5 Å². The highest BCUT2D eigenvalue weighted by molar-refractivity contribution is 5.92. The lowest BCUT2D eigenvalue weighted by atomic mass is 9.77. The van der Waals surface area contributed by atoms with E-state index in [-0.39, 0.29) is 5.41 Å². The van der Waals surface area contributed by atoms with Gasteiger partial charge in [0.1, 0.15) is 5.82 Å². The van der Waals surface area contributed by atoms with Crippen molar-refractivity contribution in [2.75, 3.05) is 31.6 Å². The maximum atomic E-state index is 12.4. The topological polar surface area (TPSA) is 36.4 Å². The van der Waals surface area contributed by atoms with Gasteiger partial charge in [-0.05, 0) is 30.7 Å². The second kappa shape index (κ2) is 4.97. The number of carbonyl (C=O) groups is 1. The maximum absolute atomic E-state index is 12.4. The Hall–Kier alpha value is -2.10. The number of piperidine rings is 1. The molecule has 0 atom stereocenters. The Morgan fingerprint density at radius 2 is 1.77 bits per heavy atom. The van der Waals surface area contributed by atoms with E-state index in [1.165, 1.54) is 10.8 Å². The summed E-state index contributed by atoms with van der Waals surface area (Å²) in [6.07, 6.45) is 4.79. The molecule has 1 amide bonds. The smallest absolute Gasteiger partial charge is 0.228 e. The number of benzene rings is 1. The number of hydrogen-bond acceptors (Lipinski definition) is 3. The van der Waals surface area contributed by atoms with Crippen LogP contribution < -0.4 is 4.90 Å². The molecule has 4 nitrogen and oxygen atoms in total. The summed E-state index contributed by atoms with van der Waals surface area (Å²) >= 11 is 0. The van der Waals surface area contributed by atoms with Crippen LogP contribution in [0.4, 0.5) is 5.82 Å². The first-order valence-corrected chi connectivity index (χ1v) is 8.04. The molecule has 4 heteroatoms. The molecule has 1 aromatic heterocycles. The molecule has 0 aliphatic carbocycles. The standard InChI is InChI=1S/C18H21N3O/c1-20-11-7-18(17(20)22)8-12-21(13-9-18)16-15-5-3-2-4-14(15)6-10-19-16/h2-6,10H,7-9,11-13H2,1H3. The Bertz CT molecular complexity index is 714. The van der Waals surface area contributed by atoms with Gasteiger partial charge in [0.25, 0.3) is 0 Å². The molecule has 0 unspecified atom stereocenters. The number of amides is 1. The number of pyridine rings is 1. The zero-order valence-corrected chi connectivity index (χ0v) is 13.0. The molecule has 2 aliphatic rings. The third-order valence-electron chi connectivity index (χ3n) is 5.40. The van der Waals surface area contributed by atoms with Gasteiger partial charge in [0.15, 0.2) is 0 Å². The first kappa shape index (κ1) is 13.6. The molecule has 2 saturated heterocycles. The fourth-order valence-electron chi connectivity index (χ4n) is 3.96. The summed E-state index contributed by atoms with van der Waals surface area (Å²) in [5.74, 6) is 1.41. The van der Waals surface area contributed by atoms with E-state index in [1.807, 2.05) is 18.1 Å². The van der Waals surface area contributed by atoms with Crippen LogP contribution in [0.2, 0.25) is 0 Å². The molecule has 114 valence electrons. The normalized spacial score (nSPS) is 21.0. The molecule has 4 rings (SSSR count). The SMILES string of the molecule is CN1CCC2(CCN(c3nccc4ccccc34)CC2)C1=O. The van der Waals surface area contributed by atoms with Crippen LogP contribution in [-0.4, -0.2) is 42.5 Å². The highest BCUT2D eigenvalue weighted by Crippen LogP contribution is 2.42. The van der Waals surface area contributed by atoms with E-state index in [4.69, 9.17) is 0 Å². The molecule has 2 fully saturated rings. The number of nitrogens with zero attached hydrogens (tertiary/aromatic N) is 3. The molecular formula is C18H21N3O. The number of fused-ring (bicyclic) bond motifs is 1. The minimum atomic E-state index is -0.101. The van der Waals surface area contributed by atoms with Crippen molar-refractivity contribution < 1.29 is 4.79 Å². The lowest BCUT2D eigenvalue weighted by molar-refractivity contribution is -0.135. The third-order valence-corrected chi connectivity index (χ3v) is 5.40. The first-order valence-electron chi connectivity index (χ1n) is 8.04. The highest BCUT2D eigenvalue weighted by Gasteiger charge is 2.47. The summed E-state index contributed by atoms with van der Waals surface area (Å²) in [4.78, 5) is 21.3. The fraction of sp³-hybridized carbons (Fsp3) is 0.444. The Kier molecular flexibility index (Phi) is 3.06. The molecule has 0 saturated carbocycles. The van der Waals surface area contributed by atoms with Crippen LogP contribution in [-0.2, 0) is 4.79 Å². The number of likely N-dealkylation sites (tertiary alicyclic amines) is 1. The fourth-order valence-corrected chi connectivity index (χ4v) is 3.96. The number of hydrogen-bond donors (Lipinski definition) is 0. The van der Waals surface area contributed by atoms with Crippen LogP contribution in [0, 0.1) is 5.41 Å². The van der Waals surface area contributed by atoms with Gasteiger partial charge in [-0.1, -0.05) is 24.3 Å². The molecule has 0 bridgehead atoms. The van der Waals surface area contributed by atoms with Crippen molar-refractivity contribution in [3.63, 3.8) is 0 Å². The molecule has 1 aromatic carbocycles. The van der Waals surface area contributed by atoms with Crippen molar-refractivity contribution in [2.45, 2.75) is 19.3 Å². The largest absolute Gasteiger partial charge is 0.356 e. The molecule has 22 heavy (non-hydrogen) atoms. The van der Waals surface area contributed by atoms with Gasteiger partial charge in [-0.3, -0.25) is 4.79 Å². The summed E-state index contributed by atoms with van der Waals surface area (Å²) in [6, 6.07) is 10.4. The summed E-state index contributed by atoms with van der Waals surface area (Å²) in [7, 11) is 1.93. The van der Waals surface area contributed by atoms with Gasteiger partial charge >= 0.3 is 0 Å². The zero-order chi connectivity index (χ0) is 15.2. The van der Waals surface area contributed by atoms with Crippen molar-refractivity contribution in [1.29, 1.82) is 0 Å². The minimum Gasteiger partial charge on any atom is -0.356 e. The molecule has 2 aliphatic heterocycles. The molecular weight excluding hydrogens is 274 g/mol. The van der Waals surface area contributed by atoms with Gasteiger partial charge in [0.05, 0.1) is 5.41 Å². The second-order valence-electron chi connectivity index (χ2n) is 6.60. The van der Waals surface area contributed by atoms with Crippen LogP contribution in [0.5, 0.6) is 0 Å². The van der Waals surface area contributed by atoms with Crippen LogP contribution >= 0.6 is 0 Å². The van der Waals surface area contributed by atoms with E-state index in [0.717, 1.165) is 44.7 Å². The van der Waals surface area contributed by atoms with E-state index >= 15 is 0 Å². The molecule has 0 radical (unpaired) electrons. The van der Waals surface area contributed by atoms with Crippen LogP contribution in [0.1, 0.15) is 19.3 Å². The van der Waals surface area contributed by atoms with Gasteiger partial charge in [0.2, 0.25) is 5.91 Å². The van der Waals surface area contributed by atoms with E-state index in [9.17, 15) is 4.79 Å². The Morgan fingerprint density at radius 1 is 1.05 bits per heavy atom. The summed E-state index contributed by atoms with van der Waals surface area (Å²) in [5.41, 5.74) is -0.101. The Labute approximate surface area is 130 Å². The maximum Gasteiger partial charge on any atom is 0.228 e. The van der Waals surface area contributed by atoms with Crippen molar-refractivity contribution >= 4 is 22.5 Å². The van der Waals surface area contributed by atoms with E-state index in [1.54, 1.807) is 0 Å². The predicted molar refractivity (Wildman–Crippen MR) is 87.9 cm³/mol. The molecule has 0 N–H and O–H groups in total. The molecule has 1 spiro atoms. The number of rotatable bonds is 1. The summed E-state index contributed by atoms with van der Waals surface area (Å²) in [5, 5.41) is 2.43. The van der Waals surface area contributed by atoms with E-state index < -0.39 is 0 Å². The number of carbonyl (C=O) groups excluding carboxylic acids is 1. The molecule has 3 heterocycles.